The van der Waals surface area contributed by atoms with Gasteiger partial charge in [-0.3, -0.25) is 9.78 Å². The molecule has 0 aliphatic rings. The van der Waals surface area contributed by atoms with Crippen molar-refractivity contribution in [2.75, 3.05) is 0 Å². The van der Waals surface area contributed by atoms with Crippen LogP contribution in [0.2, 0.25) is 0 Å². The molecule has 0 aliphatic heterocycles. The van der Waals surface area contributed by atoms with Crippen LogP contribution in [0.3, 0.4) is 0 Å². The number of amides is 1. The van der Waals surface area contributed by atoms with Gasteiger partial charge in [-0.15, -0.1) is 6.42 Å². The quantitative estimate of drug-likeness (QED) is 0.784. The van der Waals surface area contributed by atoms with Crippen molar-refractivity contribution in [3.63, 3.8) is 0 Å². The molecule has 1 aromatic heterocycles. The highest BCUT2D eigenvalue weighted by Crippen LogP contribution is 2.04. The first-order valence-electron chi connectivity index (χ1n) is 5.83. The van der Waals surface area contributed by atoms with E-state index in [0.29, 0.717) is 0 Å². The fraction of sp³-hybridized carbons (Fsp3) is 0.429. The standard InChI is InChI=1S/C14H18N2O/c1-4-7-12(5-2)16-14(17)10-13-11(3)8-6-9-15-13/h2,6,8-9,12H,4,7,10H2,1,3H3,(H,16,17). The summed E-state index contributed by atoms with van der Waals surface area (Å²) in [5.74, 6) is 2.52. The summed E-state index contributed by atoms with van der Waals surface area (Å²) in [6.45, 7) is 3.99. The number of carbonyl (C=O) groups excluding carboxylic acids is 1. The lowest BCUT2D eigenvalue weighted by Gasteiger charge is -2.12. The summed E-state index contributed by atoms with van der Waals surface area (Å²) < 4.78 is 0. The highest BCUT2D eigenvalue weighted by Gasteiger charge is 2.10. The molecular weight excluding hydrogens is 212 g/mol. The van der Waals surface area contributed by atoms with E-state index in [2.05, 4.69) is 16.2 Å². The Morgan fingerprint density at radius 2 is 2.41 bits per heavy atom. The van der Waals surface area contributed by atoms with Crippen LogP contribution < -0.4 is 5.32 Å². The number of hydrogen-bond donors (Lipinski definition) is 1. The average Bonchev–Trinajstić information content (AvgIpc) is 2.31. The van der Waals surface area contributed by atoms with Crippen molar-refractivity contribution in [2.45, 2.75) is 39.2 Å². The van der Waals surface area contributed by atoms with Crippen molar-refractivity contribution in [1.29, 1.82) is 0 Å². The lowest BCUT2D eigenvalue weighted by atomic mass is 10.1. The second-order valence-corrected chi connectivity index (χ2v) is 4.02. The number of aryl methyl sites for hydroxylation is 1. The van der Waals surface area contributed by atoms with Crippen LogP contribution in [0, 0.1) is 19.3 Å². The fourth-order valence-electron chi connectivity index (χ4n) is 1.59. The number of carbonyl (C=O) groups is 1. The molecule has 0 saturated carbocycles. The lowest BCUT2D eigenvalue weighted by molar-refractivity contribution is -0.120. The van der Waals surface area contributed by atoms with Crippen molar-refractivity contribution in [3.8, 4) is 12.3 Å². The highest BCUT2D eigenvalue weighted by molar-refractivity contribution is 5.79. The van der Waals surface area contributed by atoms with Crippen LogP contribution in [-0.2, 0) is 11.2 Å². The molecule has 90 valence electrons. The molecule has 0 radical (unpaired) electrons. The van der Waals surface area contributed by atoms with Crippen molar-refractivity contribution in [2.24, 2.45) is 0 Å². The summed E-state index contributed by atoms with van der Waals surface area (Å²) in [7, 11) is 0. The predicted octanol–water partition coefficient (Wildman–Crippen LogP) is 1.85. The molecule has 3 nitrogen and oxygen atoms in total. The van der Waals surface area contributed by atoms with Gasteiger partial charge >= 0.3 is 0 Å². The van der Waals surface area contributed by atoms with E-state index >= 15 is 0 Å². The Morgan fingerprint density at radius 1 is 1.65 bits per heavy atom. The molecule has 0 fully saturated rings. The third-order valence-electron chi connectivity index (χ3n) is 2.56. The van der Waals surface area contributed by atoms with Crippen LogP contribution in [0.5, 0.6) is 0 Å². The van der Waals surface area contributed by atoms with E-state index in [4.69, 9.17) is 6.42 Å². The van der Waals surface area contributed by atoms with Gasteiger partial charge in [0.25, 0.3) is 0 Å². The van der Waals surface area contributed by atoms with Crippen LogP contribution in [0.15, 0.2) is 18.3 Å². The smallest absolute Gasteiger partial charge is 0.226 e. The van der Waals surface area contributed by atoms with E-state index in [1.165, 1.54) is 0 Å². The van der Waals surface area contributed by atoms with E-state index in [0.717, 1.165) is 24.1 Å². The van der Waals surface area contributed by atoms with Gasteiger partial charge in [0.1, 0.15) is 0 Å². The first-order chi connectivity index (χ1) is 8.17. The Morgan fingerprint density at radius 3 is 3.00 bits per heavy atom. The summed E-state index contributed by atoms with van der Waals surface area (Å²) in [6, 6.07) is 3.63. The van der Waals surface area contributed by atoms with Gasteiger partial charge in [0.15, 0.2) is 0 Å². The maximum Gasteiger partial charge on any atom is 0.226 e. The minimum absolute atomic E-state index is 0.0665. The SMILES string of the molecule is C#CC(CCC)NC(=O)Cc1ncccc1C. The maximum absolute atomic E-state index is 11.8. The fourth-order valence-corrected chi connectivity index (χ4v) is 1.59. The first-order valence-corrected chi connectivity index (χ1v) is 5.83. The molecule has 1 N–H and O–H groups in total. The highest BCUT2D eigenvalue weighted by atomic mass is 16.1. The van der Waals surface area contributed by atoms with Gasteiger partial charge < -0.3 is 5.32 Å². The summed E-state index contributed by atoms with van der Waals surface area (Å²) in [5.41, 5.74) is 1.83. The van der Waals surface area contributed by atoms with Gasteiger partial charge in [-0.1, -0.05) is 25.3 Å². The van der Waals surface area contributed by atoms with E-state index < -0.39 is 0 Å². The van der Waals surface area contributed by atoms with Gasteiger partial charge in [-0.25, -0.2) is 0 Å². The summed E-state index contributed by atoms with van der Waals surface area (Å²) in [5, 5.41) is 2.83. The van der Waals surface area contributed by atoms with Gasteiger partial charge in [-0.05, 0) is 25.0 Å². The Hall–Kier alpha value is -1.82. The number of pyridine rings is 1. The molecule has 0 bridgehead atoms. The van der Waals surface area contributed by atoms with Crippen molar-refractivity contribution in [3.05, 3.63) is 29.6 Å². The topological polar surface area (TPSA) is 42.0 Å². The van der Waals surface area contributed by atoms with Gasteiger partial charge in [0, 0.05) is 6.20 Å². The molecule has 0 saturated heterocycles. The summed E-state index contributed by atoms with van der Waals surface area (Å²) in [6.07, 6.45) is 9.10. The molecule has 3 heteroatoms. The predicted molar refractivity (Wildman–Crippen MR) is 68.3 cm³/mol. The number of nitrogens with zero attached hydrogens (tertiary/aromatic N) is 1. The first kappa shape index (κ1) is 13.2. The third-order valence-corrected chi connectivity index (χ3v) is 2.56. The molecule has 0 aliphatic carbocycles. The number of nitrogens with one attached hydrogen (secondary N) is 1. The van der Waals surface area contributed by atoms with Crippen molar-refractivity contribution >= 4 is 5.91 Å². The Kier molecular flexibility index (Phi) is 5.22. The Labute approximate surface area is 103 Å². The van der Waals surface area contributed by atoms with Crippen molar-refractivity contribution < 1.29 is 4.79 Å². The maximum atomic E-state index is 11.8. The Balaban J connectivity index is 2.56. The summed E-state index contributed by atoms with van der Waals surface area (Å²) in [4.78, 5) is 15.9. The van der Waals surface area contributed by atoms with E-state index in [1.54, 1.807) is 6.20 Å². The number of terminal acetylenes is 1. The van der Waals surface area contributed by atoms with Crippen LogP contribution in [0.25, 0.3) is 0 Å². The van der Waals surface area contributed by atoms with Crippen LogP contribution in [-0.4, -0.2) is 16.9 Å². The zero-order chi connectivity index (χ0) is 12.7. The second kappa shape index (κ2) is 6.70. The molecule has 0 spiro atoms. The molecule has 1 rings (SSSR count). The van der Waals surface area contributed by atoms with Crippen LogP contribution in [0.4, 0.5) is 0 Å². The summed E-state index contributed by atoms with van der Waals surface area (Å²) >= 11 is 0. The van der Waals surface area contributed by atoms with Gasteiger partial charge in [-0.2, -0.15) is 0 Å². The minimum Gasteiger partial charge on any atom is -0.342 e. The largest absolute Gasteiger partial charge is 0.342 e. The van der Waals surface area contributed by atoms with Crippen molar-refractivity contribution in [1.82, 2.24) is 10.3 Å². The van der Waals surface area contributed by atoms with E-state index in [9.17, 15) is 4.79 Å². The molecule has 1 amide bonds. The monoisotopic (exact) mass is 230 g/mol. The number of hydrogen-bond acceptors (Lipinski definition) is 2. The van der Waals surface area contributed by atoms with E-state index in [1.807, 2.05) is 26.0 Å². The molecule has 1 unspecified atom stereocenters. The molecule has 1 aromatic rings. The number of rotatable bonds is 5. The average molecular weight is 230 g/mol. The third kappa shape index (κ3) is 4.28. The second-order valence-electron chi connectivity index (χ2n) is 4.02. The van der Waals surface area contributed by atoms with E-state index in [-0.39, 0.29) is 18.4 Å². The zero-order valence-corrected chi connectivity index (χ0v) is 10.4. The molecule has 17 heavy (non-hydrogen) atoms. The van der Waals surface area contributed by atoms with Crippen LogP contribution in [0.1, 0.15) is 31.0 Å². The lowest BCUT2D eigenvalue weighted by Crippen LogP contribution is -2.35. The van der Waals surface area contributed by atoms with Crippen LogP contribution >= 0.6 is 0 Å². The zero-order valence-electron chi connectivity index (χ0n) is 10.4. The molecule has 1 heterocycles. The molecular formula is C14H18N2O. The number of aromatic nitrogens is 1. The van der Waals surface area contributed by atoms with Gasteiger partial charge in [0.2, 0.25) is 5.91 Å². The Bertz CT molecular complexity index is 420. The normalized spacial score (nSPS) is 11.6. The molecule has 0 aromatic carbocycles. The van der Waals surface area contributed by atoms with Gasteiger partial charge in [0.05, 0.1) is 18.2 Å². The minimum atomic E-state index is -0.170. The molecule has 1 atom stereocenters.